The van der Waals surface area contributed by atoms with Crippen molar-refractivity contribution in [1.29, 1.82) is 0 Å². The average Bonchev–Trinajstić information content (AvgIpc) is 2.69. The van der Waals surface area contributed by atoms with Gasteiger partial charge in [-0.05, 0) is 55.5 Å². The zero-order valence-corrected chi connectivity index (χ0v) is 16.0. The van der Waals surface area contributed by atoms with Gasteiger partial charge >= 0.3 is 0 Å². The number of anilines is 3. The van der Waals surface area contributed by atoms with Crippen LogP contribution in [0, 0.1) is 0 Å². The summed E-state index contributed by atoms with van der Waals surface area (Å²) in [5.41, 5.74) is 1.39. The van der Waals surface area contributed by atoms with Crippen molar-refractivity contribution in [3.05, 3.63) is 72.9 Å². The molecule has 0 unspecified atom stereocenters. The van der Waals surface area contributed by atoms with Crippen LogP contribution in [0.5, 0.6) is 5.75 Å². The van der Waals surface area contributed by atoms with Crippen LogP contribution >= 0.6 is 0 Å². The van der Waals surface area contributed by atoms with E-state index in [0.29, 0.717) is 23.9 Å². The van der Waals surface area contributed by atoms with E-state index in [4.69, 9.17) is 4.74 Å². The highest BCUT2D eigenvalue weighted by Crippen LogP contribution is 2.23. The summed E-state index contributed by atoms with van der Waals surface area (Å²) in [6.45, 7) is 2.40. The first-order valence-electron chi connectivity index (χ1n) is 8.50. The summed E-state index contributed by atoms with van der Waals surface area (Å²) in [5.74, 6) is 1.34. The van der Waals surface area contributed by atoms with Gasteiger partial charge in [-0.1, -0.05) is 18.2 Å². The molecule has 0 radical (unpaired) electrons. The summed E-state index contributed by atoms with van der Waals surface area (Å²) in [4.78, 5) is 6.43. The van der Waals surface area contributed by atoms with E-state index in [9.17, 15) is 8.42 Å². The third-order valence-electron chi connectivity index (χ3n) is 3.93. The van der Waals surface area contributed by atoms with Gasteiger partial charge in [-0.25, -0.2) is 13.4 Å². The lowest BCUT2D eigenvalue weighted by Crippen LogP contribution is -2.14. The van der Waals surface area contributed by atoms with E-state index < -0.39 is 10.0 Å². The second kappa shape index (κ2) is 8.09. The summed E-state index contributed by atoms with van der Waals surface area (Å²) >= 11 is 0. The van der Waals surface area contributed by atoms with Gasteiger partial charge in [0.05, 0.1) is 23.4 Å². The van der Waals surface area contributed by atoms with Crippen LogP contribution in [0.25, 0.3) is 0 Å². The van der Waals surface area contributed by atoms with Gasteiger partial charge in [0.15, 0.2) is 0 Å². The van der Waals surface area contributed by atoms with Crippen LogP contribution < -0.4 is 14.4 Å². The van der Waals surface area contributed by atoms with Crippen LogP contribution in [0.4, 0.5) is 17.2 Å². The number of sulfonamides is 1. The van der Waals surface area contributed by atoms with Crippen molar-refractivity contribution in [2.45, 2.75) is 11.8 Å². The Hall–Kier alpha value is -3.06. The number of pyridine rings is 1. The molecule has 3 aromatic rings. The molecule has 0 atom stereocenters. The maximum atomic E-state index is 12.5. The van der Waals surface area contributed by atoms with Crippen molar-refractivity contribution in [2.75, 3.05) is 23.3 Å². The van der Waals surface area contributed by atoms with E-state index in [1.54, 1.807) is 24.3 Å². The lowest BCUT2D eigenvalue weighted by molar-refractivity contribution is 0.340. The topological polar surface area (TPSA) is 71.5 Å². The molecular formula is C20H21N3O3S. The molecule has 1 N–H and O–H groups in total. The number of benzene rings is 2. The first-order valence-corrected chi connectivity index (χ1v) is 9.98. The fourth-order valence-electron chi connectivity index (χ4n) is 2.52. The van der Waals surface area contributed by atoms with Crippen LogP contribution in [0.1, 0.15) is 6.92 Å². The van der Waals surface area contributed by atoms with E-state index in [-0.39, 0.29) is 4.90 Å². The Morgan fingerprint density at radius 2 is 1.70 bits per heavy atom. The maximum absolute atomic E-state index is 12.5. The third-order valence-corrected chi connectivity index (χ3v) is 5.33. The van der Waals surface area contributed by atoms with Gasteiger partial charge in [0.2, 0.25) is 0 Å². The van der Waals surface area contributed by atoms with Crippen molar-refractivity contribution in [1.82, 2.24) is 4.98 Å². The molecule has 2 aromatic carbocycles. The molecule has 7 heteroatoms. The zero-order chi connectivity index (χ0) is 19.3. The second-order valence-corrected chi connectivity index (χ2v) is 7.49. The number of rotatable bonds is 7. The number of nitrogens with one attached hydrogen (secondary N) is 1. The van der Waals surface area contributed by atoms with Gasteiger partial charge in [-0.3, -0.25) is 4.72 Å². The molecule has 3 rings (SSSR count). The molecule has 140 valence electrons. The average molecular weight is 383 g/mol. The lowest BCUT2D eigenvalue weighted by Gasteiger charge is -2.18. The molecule has 27 heavy (non-hydrogen) atoms. The van der Waals surface area contributed by atoms with Crippen LogP contribution in [0.3, 0.4) is 0 Å². The Morgan fingerprint density at radius 3 is 2.30 bits per heavy atom. The Kier molecular flexibility index (Phi) is 5.61. The summed E-state index contributed by atoms with van der Waals surface area (Å²) in [5, 5.41) is 0. The highest BCUT2D eigenvalue weighted by molar-refractivity contribution is 7.92. The van der Waals surface area contributed by atoms with Gasteiger partial charge in [0, 0.05) is 12.7 Å². The fourth-order valence-corrected chi connectivity index (χ4v) is 3.57. The standard InChI is InChI=1S/C20H21N3O3S/c1-3-26-18-10-12-19(13-11-18)27(24,25)22-16-9-14-20(21-15-16)23(2)17-7-5-4-6-8-17/h4-15,22H,3H2,1-2H3. The van der Waals surface area contributed by atoms with Gasteiger partial charge in [-0.15, -0.1) is 0 Å². The molecule has 0 aliphatic rings. The molecule has 0 saturated heterocycles. The van der Waals surface area contributed by atoms with E-state index >= 15 is 0 Å². The Morgan fingerprint density at radius 1 is 1.00 bits per heavy atom. The summed E-state index contributed by atoms with van der Waals surface area (Å²) in [7, 11) is -1.79. The highest BCUT2D eigenvalue weighted by atomic mass is 32.2. The number of nitrogens with zero attached hydrogens (tertiary/aromatic N) is 2. The smallest absolute Gasteiger partial charge is 0.261 e. The maximum Gasteiger partial charge on any atom is 0.261 e. The Balaban J connectivity index is 1.73. The van der Waals surface area contributed by atoms with Crippen LogP contribution in [0.15, 0.2) is 77.8 Å². The van der Waals surface area contributed by atoms with Crippen molar-refractivity contribution in [3.8, 4) is 5.75 Å². The predicted molar refractivity (Wildman–Crippen MR) is 107 cm³/mol. The molecular weight excluding hydrogens is 362 g/mol. The SMILES string of the molecule is CCOc1ccc(S(=O)(=O)Nc2ccc(N(C)c3ccccc3)nc2)cc1. The highest BCUT2D eigenvalue weighted by Gasteiger charge is 2.15. The molecule has 0 aliphatic heterocycles. The molecule has 0 saturated carbocycles. The van der Waals surface area contributed by atoms with E-state index in [2.05, 4.69) is 9.71 Å². The molecule has 1 aromatic heterocycles. The number of ether oxygens (including phenoxy) is 1. The van der Waals surface area contributed by atoms with Crippen LogP contribution in [0.2, 0.25) is 0 Å². The van der Waals surface area contributed by atoms with Gasteiger partial charge in [0.1, 0.15) is 11.6 Å². The first kappa shape index (κ1) is 18.7. The summed E-state index contributed by atoms with van der Waals surface area (Å²) in [6.07, 6.45) is 1.50. The summed E-state index contributed by atoms with van der Waals surface area (Å²) < 4.78 is 32.9. The van der Waals surface area contributed by atoms with Crippen molar-refractivity contribution in [3.63, 3.8) is 0 Å². The van der Waals surface area contributed by atoms with E-state index in [1.165, 1.54) is 18.3 Å². The number of aromatic nitrogens is 1. The Bertz CT molecular complexity index is 973. The molecule has 0 amide bonds. The number of hydrogen-bond donors (Lipinski definition) is 1. The van der Waals surface area contributed by atoms with Gasteiger partial charge in [0.25, 0.3) is 10.0 Å². The number of para-hydroxylation sites is 1. The van der Waals surface area contributed by atoms with Crippen molar-refractivity contribution >= 4 is 27.2 Å². The van der Waals surface area contributed by atoms with Gasteiger partial charge in [-0.2, -0.15) is 0 Å². The molecule has 0 bridgehead atoms. The lowest BCUT2D eigenvalue weighted by atomic mass is 10.3. The van der Waals surface area contributed by atoms with E-state index in [0.717, 1.165) is 5.69 Å². The fraction of sp³-hybridized carbons (Fsp3) is 0.150. The van der Waals surface area contributed by atoms with Gasteiger partial charge < -0.3 is 9.64 Å². The molecule has 0 spiro atoms. The molecule has 0 fully saturated rings. The second-order valence-electron chi connectivity index (χ2n) is 5.81. The molecule has 6 nitrogen and oxygen atoms in total. The minimum absolute atomic E-state index is 0.163. The Labute approximate surface area is 159 Å². The quantitative estimate of drug-likeness (QED) is 0.666. The van der Waals surface area contributed by atoms with Crippen LogP contribution in [-0.2, 0) is 10.0 Å². The molecule has 0 aliphatic carbocycles. The molecule has 1 heterocycles. The monoisotopic (exact) mass is 383 g/mol. The predicted octanol–water partition coefficient (Wildman–Crippen LogP) is 4.05. The largest absolute Gasteiger partial charge is 0.494 e. The minimum atomic E-state index is -3.69. The number of hydrogen-bond acceptors (Lipinski definition) is 5. The zero-order valence-electron chi connectivity index (χ0n) is 15.2. The third kappa shape index (κ3) is 4.57. The van der Waals surface area contributed by atoms with Crippen molar-refractivity contribution < 1.29 is 13.2 Å². The first-order chi connectivity index (χ1) is 13.0. The van der Waals surface area contributed by atoms with Crippen LogP contribution in [-0.4, -0.2) is 27.1 Å². The minimum Gasteiger partial charge on any atom is -0.494 e. The van der Waals surface area contributed by atoms with Crippen molar-refractivity contribution in [2.24, 2.45) is 0 Å². The summed E-state index contributed by atoms with van der Waals surface area (Å²) in [6, 6.07) is 19.5. The normalized spacial score (nSPS) is 11.0. The van der Waals surface area contributed by atoms with E-state index in [1.807, 2.05) is 49.2 Å².